The van der Waals surface area contributed by atoms with Gasteiger partial charge in [-0.3, -0.25) is 9.59 Å². The number of carbonyl (C=O) groups is 3. The van der Waals surface area contributed by atoms with Crippen molar-refractivity contribution in [2.45, 2.75) is 25.8 Å². The number of aliphatic carboxylic acids is 1. The van der Waals surface area contributed by atoms with Gasteiger partial charge in [0.2, 0.25) is 11.8 Å². The van der Waals surface area contributed by atoms with Crippen molar-refractivity contribution in [3.05, 3.63) is 24.3 Å². The van der Waals surface area contributed by atoms with Crippen LogP contribution < -0.4 is 21.1 Å². The summed E-state index contributed by atoms with van der Waals surface area (Å²) in [5.41, 5.74) is 1.13. The van der Waals surface area contributed by atoms with E-state index < -0.39 is 17.9 Å². The summed E-state index contributed by atoms with van der Waals surface area (Å²) in [5.74, 6) is -1.88. The highest BCUT2D eigenvalue weighted by atomic mass is 16.5. The Hall–Kier alpha value is -2.45. The first kappa shape index (κ1) is 19.6. The second kappa shape index (κ2) is 10.3. The number of nitrogens with two attached hydrogens (primary N) is 1. The van der Waals surface area contributed by atoms with Gasteiger partial charge >= 0.3 is 0 Å². The molecule has 0 aliphatic heterocycles. The molecular weight excluding hydrogens is 314 g/mol. The lowest BCUT2D eigenvalue weighted by Gasteiger charge is -2.16. The van der Waals surface area contributed by atoms with Crippen LogP contribution >= 0.6 is 0 Å². The number of nitrogens with one attached hydrogen (secondary N) is 2. The number of methoxy groups -OCH3 is 1. The average molecular weight is 337 g/mol. The van der Waals surface area contributed by atoms with E-state index in [1.807, 2.05) is 0 Å². The van der Waals surface area contributed by atoms with Gasteiger partial charge in [-0.2, -0.15) is 0 Å². The van der Waals surface area contributed by atoms with E-state index in [2.05, 4.69) is 10.6 Å². The maximum absolute atomic E-state index is 12.0. The average Bonchev–Trinajstić information content (AvgIpc) is 2.51. The Labute approximate surface area is 140 Å². The van der Waals surface area contributed by atoms with Gasteiger partial charge in [0.25, 0.3) is 0 Å². The van der Waals surface area contributed by atoms with Gasteiger partial charge in [0, 0.05) is 31.8 Å². The lowest BCUT2D eigenvalue weighted by atomic mass is 10.2. The van der Waals surface area contributed by atoms with Crippen molar-refractivity contribution < 1.29 is 29.5 Å². The van der Waals surface area contributed by atoms with Crippen LogP contribution in [0.5, 0.6) is 0 Å². The van der Waals surface area contributed by atoms with Crippen molar-refractivity contribution in [1.82, 2.24) is 0 Å². The number of hydrogen-bond donors (Lipinski definition) is 3. The summed E-state index contributed by atoms with van der Waals surface area (Å²) in [4.78, 5) is 34.0. The van der Waals surface area contributed by atoms with Gasteiger partial charge in [0.1, 0.15) is 6.04 Å². The number of amides is 2. The van der Waals surface area contributed by atoms with Crippen molar-refractivity contribution in [2.75, 3.05) is 30.9 Å². The van der Waals surface area contributed by atoms with Crippen LogP contribution in [-0.4, -0.2) is 44.1 Å². The second-order valence-electron chi connectivity index (χ2n) is 5.31. The van der Waals surface area contributed by atoms with E-state index in [0.717, 1.165) is 0 Å². The van der Waals surface area contributed by atoms with Crippen LogP contribution in [0.4, 0.5) is 11.4 Å². The molecule has 0 saturated carbocycles. The van der Waals surface area contributed by atoms with Gasteiger partial charge in [-0.05, 0) is 24.3 Å². The molecule has 0 aliphatic rings. The Morgan fingerprint density at radius 1 is 1.17 bits per heavy atom. The van der Waals surface area contributed by atoms with Crippen LogP contribution in [0, 0.1) is 0 Å². The lowest BCUT2D eigenvalue weighted by molar-refractivity contribution is -0.682. The van der Waals surface area contributed by atoms with Crippen molar-refractivity contribution in [3.63, 3.8) is 0 Å². The third kappa shape index (κ3) is 7.70. The first-order valence-electron chi connectivity index (χ1n) is 7.63. The number of anilines is 2. The molecule has 0 spiro atoms. The smallest absolute Gasteiger partial charge is 0.230 e. The van der Waals surface area contributed by atoms with E-state index in [9.17, 15) is 19.5 Å². The van der Waals surface area contributed by atoms with E-state index in [0.29, 0.717) is 30.9 Å². The molecule has 0 bridgehead atoms. The third-order valence-corrected chi connectivity index (χ3v) is 3.20. The minimum absolute atomic E-state index is 0.187. The SMILES string of the molecule is COCCC[NH2+][C@H](CC(=O)Nc1ccc(NC(C)=O)cc1)C(=O)[O-]. The molecule has 2 amide bonds. The first-order valence-corrected chi connectivity index (χ1v) is 7.63. The Morgan fingerprint density at radius 2 is 1.75 bits per heavy atom. The number of carboxylic acids is 1. The fraction of sp³-hybridized carbons (Fsp3) is 0.438. The Bertz CT molecular complexity index is 559. The summed E-state index contributed by atoms with van der Waals surface area (Å²) in [7, 11) is 1.57. The molecule has 4 N–H and O–H groups in total. The zero-order chi connectivity index (χ0) is 17.9. The van der Waals surface area contributed by atoms with E-state index in [1.54, 1.807) is 36.7 Å². The summed E-state index contributed by atoms with van der Waals surface area (Å²) in [6.45, 7) is 2.47. The Kier molecular flexibility index (Phi) is 8.45. The van der Waals surface area contributed by atoms with Gasteiger partial charge in [-0.25, -0.2) is 0 Å². The summed E-state index contributed by atoms with van der Waals surface area (Å²) >= 11 is 0. The summed E-state index contributed by atoms with van der Waals surface area (Å²) in [6.07, 6.45) is 0.495. The number of ether oxygens (including phenoxy) is 1. The summed E-state index contributed by atoms with van der Waals surface area (Å²) in [6, 6.07) is 5.59. The molecule has 1 rings (SSSR count). The predicted molar refractivity (Wildman–Crippen MR) is 86.1 cm³/mol. The molecule has 1 aromatic rings. The van der Waals surface area contributed by atoms with Crippen LogP contribution in [-0.2, 0) is 19.1 Å². The molecule has 24 heavy (non-hydrogen) atoms. The molecule has 0 fully saturated rings. The largest absolute Gasteiger partial charge is 0.544 e. The van der Waals surface area contributed by atoms with Gasteiger partial charge in [0.05, 0.1) is 25.5 Å². The van der Waals surface area contributed by atoms with Crippen LogP contribution in [0.3, 0.4) is 0 Å². The monoisotopic (exact) mass is 337 g/mol. The molecule has 1 atom stereocenters. The van der Waals surface area contributed by atoms with E-state index in [-0.39, 0.29) is 12.3 Å². The number of quaternary nitrogens is 1. The molecule has 8 heteroatoms. The molecule has 0 heterocycles. The highest BCUT2D eigenvalue weighted by molar-refractivity contribution is 5.94. The summed E-state index contributed by atoms with van der Waals surface area (Å²) < 4.78 is 4.89. The molecule has 132 valence electrons. The normalized spacial score (nSPS) is 11.6. The van der Waals surface area contributed by atoms with Crippen molar-refractivity contribution >= 4 is 29.2 Å². The van der Waals surface area contributed by atoms with Crippen LogP contribution in [0.2, 0.25) is 0 Å². The third-order valence-electron chi connectivity index (χ3n) is 3.20. The zero-order valence-corrected chi connectivity index (χ0v) is 13.8. The maximum Gasteiger partial charge on any atom is 0.230 e. The van der Waals surface area contributed by atoms with Crippen molar-refractivity contribution in [3.8, 4) is 0 Å². The Morgan fingerprint density at radius 3 is 2.25 bits per heavy atom. The summed E-state index contributed by atoms with van der Waals surface area (Å²) in [5, 5.41) is 17.9. The van der Waals surface area contributed by atoms with Crippen LogP contribution in [0.25, 0.3) is 0 Å². The number of rotatable bonds is 10. The first-order chi connectivity index (χ1) is 11.4. The van der Waals surface area contributed by atoms with Crippen molar-refractivity contribution in [1.29, 1.82) is 0 Å². The molecule has 0 unspecified atom stereocenters. The number of hydrogen-bond acceptors (Lipinski definition) is 5. The van der Waals surface area contributed by atoms with Crippen LogP contribution in [0.15, 0.2) is 24.3 Å². The quantitative estimate of drug-likeness (QED) is 0.457. The molecule has 0 radical (unpaired) electrons. The number of carbonyl (C=O) groups excluding carboxylic acids is 3. The molecule has 1 aromatic carbocycles. The zero-order valence-electron chi connectivity index (χ0n) is 13.8. The fourth-order valence-corrected chi connectivity index (χ4v) is 2.06. The molecule has 0 aliphatic carbocycles. The van der Waals surface area contributed by atoms with Gasteiger partial charge < -0.3 is 30.6 Å². The second-order valence-corrected chi connectivity index (χ2v) is 5.31. The lowest BCUT2D eigenvalue weighted by Crippen LogP contribution is -2.93. The molecule has 0 saturated heterocycles. The van der Waals surface area contributed by atoms with Gasteiger partial charge in [-0.15, -0.1) is 0 Å². The fourth-order valence-electron chi connectivity index (χ4n) is 2.06. The molecule has 8 nitrogen and oxygen atoms in total. The molecular formula is C16H23N3O5. The Balaban J connectivity index is 2.49. The number of carboxylic acid groups (broad SMARTS) is 1. The highest BCUT2D eigenvalue weighted by Crippen LogP contribution is 2.13. The van der Waals surface area contributed by atoms with Crippen molar-refractivity contribution in [2.24, 2.45) is 0 Å². The van der Waals surface area contributed by atoms with Gasteiger partial charge in [-0.1, -0.05) is 0 Å². The van der Waals surface area contributed by atoms with Crippen LogP contribution in [0.1, 0.15) is 19.8 Å². The van der Waals surface area contributed by atoms with Gasteiger partial charge in [0.15, 0.2) is 0 Å². The maximum atomic E-state index is 12.0. The van der Waals surface area contributed by atoms with E-state index >= 15 is 0 Å². The topological polar surface area (TPSA) is 124 Å². The predicted octanol–water partition coefficient (Wildman–Crippen LogP) is -1.31. The number of benzene rings is 1. The minimum Gasteiger partial charge on any atom is -0.544 e. The molecule has 0 aromatic heterocycles. The van der Waals surface area contributed by atoms with E-state index in [1.165, 1.54) is 6.92 Å². The standard InChI is InChI=1S/C16H23N3O5/c1-11(20)18-12-4-6-13(7-5-12)19-15(21)10-14(16(22)23)17-8-3-9-24-2/h4-7,14,17H,3,8-10H2,1-2H3,(H,18,20)(H,19,21)(H,22,23)/t14-/m1/s1. The van der Waals surface area contributed by atoms with E-state index in [4.69, 9.17) is 4.74 Å². The highest BCUT2D eigenvalue weighted by Gasteiger charge is 2.18. The minimum atomic E-state index is -1.27.